The van der Waals surface area contributed by atoms with Crippen LogP contribution in [-0.4, -0.2) is 27.5 Å². The number of thiazole rings is 1. The topological polar surface area (TPSA) is 65.0 Å². The molecule has 0 aliphatic heterocycles. The summed E-state index contributed by atoms with van der Waals surface area (Å²) >= 11 is 1.36. The Bertz CT molecular complexity index is 594. The number of esters is 1. The third-order valence-corrected chi connectivity index (χ3v) is 4.48. The average molecular weight is 303 g/mol. The van der Waals surface area contributed by atoms with Gasteiger partial charge in [-0.3, -0.25) is 0 Å². The molecule has 0 aromatic carbocycles. The van der Waals surface area contributed by atoms with Crippen LogP contribution in [0.2, 0.25) is 0 Å². The number of carbonyl (C=O) groups excluding carboxylic acids is 1. The maximum Gasteiger partial charge on any atom is 0.357 e. The Morgan fingerprint density at radius 1 is 1.24 bits per heavy atom. The monoisotopic (exact) mass is 303 g/mol. The van der Waals surface area contributed by atoms with Crippen LogP contribution in [0.15, 0.2) is 23.8 Å². The van der Waals surface area contributed by atoms with Gasteiger partial charge < -0.3 is 4.74 Å². The molecular formula is C15H17N3O2S. The number of hydrogen-bond donors (Lipinski definition) is 0. The Morgan fingerprint density at radius 3 is 2.76 bits per heavy atom. The van der Waals surface area contributed by atoms with Gasteiger partial charge >= 0.3 is 5.97 Å². The van der Waals surface area contributed by atoms with Crippen LogP contribution < -0.4 is 0 Å². The highest BCUT2D eigenvalue weighted by atomic mass is 32.1. The minimum Gasteiger partial charge on any atom is -0.461 e. The molecule has 0 saturated heterocycles. The van der Waals surface area contributed by atoms with Crippen LogP contribution in [-0.2, 0) is 4.74 Å². The molecule has 110 valence electrons. The van der Waals surface area contributed by atoms with Gasteiger partial charge in [-0.05, 0) is 24.8 Å². The SMILES string of the molecule is O=C(OCC1CCCCC1)c1csc(-c2ncccn2)n1. The van der Waals surface area contributed by atoms with E-state index in [0.29, 0.717) is 29.1 Å². The van der Waals surface area contributed by atoms with Crippen molar-refractivity contribution in [2.75, 3.05) is 6.61 Å². The third-order valence-electron chi connectivity index (χ3n) is 3.65. The maximum absolute atomic E-state index is 12.0. The van der Waals surface area contributed by atoms with Gasteiger partial charge in [0.05, 0.1) is 6.61 Å². The highest BCUT2D eigenvalue weighted by Gasteiger charge is 2.18. The first kappa shape index (κ1) is 14.1. The molecule has 21 heavy (non-hydrogen) atoms. The molecule has 5 nitrogen and oxygen atoms in total. The molecule has 2 aromatic rings. The van der Waals surface area contributed by atoms with E-state index in [9.17, 15) is 4.79 Å². The summed E-state index contributed by atoms with van der Waals surface area (Å²) in [5.74, 6) is 0.700. The van der Waals surface area contributed by atoms with Crippen molar-refractivity contribution >= 4 is 17.3 Å². The molecule has 0 amide bonds. The molecule has 1 aliphatic rings. The third kappa shape index (κ3) is 3.64. The van der Waals surface area contributed by atoms with Crippen LogP contribution in [0, 0.1) is 5.92 Å². The molecule has 0 spiro atoms. The van der Waals surface area contributed by atoms with Gasteiger partial charge in [0.15, 0.2) is 16.5 Å². The second-order valence-electron chi connectivity index (χ2n) is 5.21. The Morgan fingerprint density at radius 2 is 2.00 bits per heavy atom. The summed E-state index contributed by atoms with van der Waals surface area (Å²) in [6.07, 6.45) is 9.43. The van der Waals surface area contributed by atoms with E-state index in [0.717, 1.165) is 12.8 Å². The van der Waals surface area contributed by atoms with Crippen molar-refractivity contribution in [3.8, 4) is 10.8 Å². The van der Waals surface area contributed by atoms with Crippen LogP contribution in [0.1, 0.15) is 42.6 Å². The van der Waals surface area contributed by atoms with Gasteiger partial charge in [-0.15, -0.1) is 11.3 Å². The van der Waals surface area contributed by atoms with Gasteiger partial charge in [0.2, 0.25) is 0 Å². The molecule has 1 aliphatic carbocycles. The summed E-state index contributed by atoms with van der Waals surface area (Å²) in [6, 6.07) is 1.75. The lowest BCUT2D eigenvalue weighted by Crippen LogP contribution is -2.17. The van der Waals surface area contributed by atoms with Gasteiger partial charge in [0.1, 0.15) is 0 Å². The first-order valence-electron chi connectivity index (χ1n) is 7.23. The van der Waals surface area contributed by atoms with E-state index in [2.05, 4.69) is 15.0 Å². The zero-order valence-electron chi connectivity index (χ0n) is 11.7. The number of carbonyl (C=O) groups is 1. The van der Waals surface area contributed by atoms with Crippen LogP contribution in [0.25, 0.3) is 10.8 Å². The minimum absolute atomic E-state index is 0.346. The number of rotatable bonds is 4. The molecule has 3 rings (SSSR count). The average Bonchev–Trinajstić information content (AvgIpc) is 3.04. The molecule has 0 atom stereocenters. The smallest absolute Gasteiger partial charge is 0.357 e. The fraction of sp³-hybridized carbons (Fsp3) is 0.467. The normalized spacial score (nSPS) is 15.8. The minimum atomic E-state index is -0.348. The Balaban J connectivity index is 1.59. The molecule has 0 radical (unpaired) electrons. The van der Waals surface area contributed by atoms with Crippen LogP contribution in [0.5, 0.6) is 0 Å². The van der Waals surface area contributed by atoms with E-state index in [1.165, 1.54) is 30.6 Å². The predicted octanol–water partition coefficient (Wildman–Crippen LogP) is 3.34. The lowest BCUT2D eigenvalue weighted by molar-refractivity contribution is 0.0404. The Kier molecular flexibility index (Phi) is 4.55. The fourth-order valence-corrected chi connectivity index (χ4v) is 3.24. The van der Waals surface area contributed by atoms with Crippen LogP contribution in [0.3, 0.4) is 0 Å². The molecule has 0 bridgehead atoms. The van der Waals surface area contributed by atoms with Crippen molar-refractivity contribution in [1.29, 1.82) is 0 Å². The van der Waals surface area contributed by atoms with E-state index in [4.69, 9.17) is 4.74 Å². The molecule has 1 saturated carbocycles. The summed E-state index contributed by atoms with van der Waals surface area (Å²) in [7, 11) is 0. The lowest BCUT2D eigenvalue weighted by atomic mass is 9.90. The van der Waals surface area contributed by atoms with E-state index in [1.54, 1.807) is 23.8 Å². The largest absolute Gasteiger partial charge is 0.461 e. The Labute approximate surface area is 127 Å². The Hall–Kier alpha value is -1.82. The molecule has 2 heterocycles. The van der Waals surface area contributed by atoms with Crippen LogP contribution >= 0.6 is 11.3 Å². The van der Waals surface area contributed by atoms with E-state index in [-0.39, 0.29) is 5.97 Å². The standard InChI is InChI=1S/C15H17N3O2S/c19-15(20-9-11-5-2-1-3-6-11)12-10-21-14(18-12)13-16-7-4-8-17-13/h4,7-8,10-11H,1-3,5-6,9H2. The molecule has 0 N–H and O–H groups in total. The summed E-state index contributed by atoms with van der Waals surface area (Å²) in [4.78, 5) is 24.5. The zero-order chi connectivity index (χ0) is 14.5. The molecule has 6 heteroatoms. The second kappa shape index (κ2) is 6.76. The van der Waals surface area contributed by atoms with Gasteiger partial charge in [-0.2, -0.15) is 0 Å². The number of hydrogen-bond acceptors (Lipinski definition) is 6. The van der Waals surface area contributed by atoms with E-state index < -0.39 is 0 Å². The lowest BCUT2D eigenvalue weighted by Gasteiger charge is -2.20. The number of nitrogens with zero attached hydrogens (tertiary/aromatic N) is 3. The highest BCUT2D eigenvalue weighted by molar-refractivity contribution is 7.13. The van der Waals surface area contributed by atoms with Crippen LogP contribution in [0.4, 0.5) is 0 Å². The summed E-state index contributed by atoms with van der Waals surface area (Å²) in [5, 5.41) is 2.34. The summed E-state index contributed by atoms with van der Waals surface area (Å²) < 4.78 is 5.38. The van der Waals surface area contributed by atoms with Crippen molar-refractivity contribution in [3.63, 3.8) is 0 Å². The number of aromatic nitrogens is 3. The van der Waals surface area contributed by atoms with Gasteiger partial charge in [-0.25, -0.2) is 19.7 Å². The van der Waals surface area contributed by atoms with Crippen molar-refractivity contribution in [2.45, 2.75) is 32.1 Å². The fourth-order valence-electron chi connectivity index (χ4n) is 2.50. The molecule has 2 aromatic heterocycles. The molecule has 0 unspecified atom stereocenters. The van der Waals surface area contributed by atoms with Crippen molar-refractivity contribution in [1.82, 2.24) is 15.0 Å². The molecular weight excluding hydrogens is 286 g/mol. The van der Waals surface area contributed by atoms with Crippen molar-refractivity contribution in [2.24, 2.45) is 5.92 Å². The van der Waals surface area contributed by atoms with Gasteiger partial charge in [0, 0.05) is 17.8 Å². The van der Waals surface area contributed by atoms with Gasteiger partial charge in [0.25, 0.3) is 0 Å². The predicted molar refractivity (Wildman–Crippen MR) is 80.0 cm³/mol. The summed E-state index contributed by atoms with van der Waals surface area (Å²) in [6.45, 7) is 0.507. The first-order valence-corrected chi connectivity index (χ1v) is 8.11. The second-order valence-corrected chi connectivity index (χ2v) is 6.07. The molecule has 1 fully saturated rings. The highest BCUT2D eigenvalue weighted by Crippen LogP contribution is 2.24. The zero-order valence-corrected chi connectivity index (χ0v) is 12.5. The van der Waals surface area contributed by atoms with Crippen molar-refractivity contribution < 1.29 is 9.53 Å². The first-order chi connectivity index (χ1) is 10.3. The summed E-state index contributed by atoms with van der Waals surface area (Å²) in [5.41, 5.74) is 0.346. The number of ether oxygens (including phenoxy) is 1. The van der Waals surface area contributed by atoms with E-state index in [1.807, 2.05) is 0 Å². The van der Waals surface area contributed by atoms with Crippen molar-refractivity contribution in [3.05, 3.63) is 29.5 Å². The quantitative estimate of drug-likeness (QED) is 0.810. The maximum atomic E-state index is 12.0. The van der Waals surface area contributed by atoms with E-state index >= 15 is 0 Å². The van der Waals surface area contributed by atoms with Gasteiger partial charge in [-0.1, -0.05) is 19.3 Å².